The maximum atomic E-state index is 13.4. The Morgan fingerprint density at radius 2 is 2.15 bits per heavy atom. The van der Waals surface area contributed by atoms with E-state index in [2.05, 4.69) is 24.1 Å². The van der Waals surface area contributed by atoms with Gasteiger partial charge in [-0.05, 0) is 24.6 Å². The van der Waals surface area contributed by atoms with Gasteiger partial charge in [-0.3, -0.25) is 4.79 Å². The summed E-state index contributed by atoms with van der Waals surface area (Å²) in [6.45, 7) is 1.79. The summed E-state index contributed by atoms with van der Waals surface area (Å²) >= 11 is 0. The van der Waals surface area contributed by atoms with Crippen molar-refractivity contribution in [3.8, 4) is 11.8 Å². The van der Waals surface area contributed by atoms with Crippen LogP contribution in [-0.2, 0) is 4.79 Å². The van der Waals surface area contributed by atoms with Crippen LogP contribution >= 0.6 is 0 Å². The average molecular weight is 277 g/mol. The van der Waals surface area contributed by atoms with Crippen LogP contribution in [0, 0.1) is 17.7 Å². The lowest BCUT2D eigenvalue weighted by Gasteiger charge is -2.06. The number of nitrogens with one attached hydrogen (secondary N) is 1. The number of halogens is 1. The summed E-state index contributed by atoms with van der Waals surface area (Å²) in [6, 6.07) is 4.24. The second-order valence-corrected chi connectivity index (χ2v) is 4.51. The predicted octanol–water partition coefficient (Wildman–Crippen LogP) is 3.08. The molecule has 0 fully saturated rings. The van der Waals surface area contributed by atoms with E-state index in [0.717, 1.165) is 25.7 Å². The van der Waals surface area contributed by atoms with Crippen molar-refractivity contribution in [3.63, 3.8) is 0 Å². The van der Waals surface area contributed by atoms with Gasteiger partial charge >= 0.3 is 0 Å². The van der Waals surface area contributed by atoms with E-state index in [1.807, 2.05) is 0 Å². The van der Waals surface area contributed by atoms with Crippen LogP contribution in [0.2, 0.25) is 0 Å². The van der Waals surface area contributed by atoms with Crippen molar-refractivity contribution in [2.45, 2.75) is 39.0 Å². The maximum absolute atomic E-state index is 13.4. The predicted molar refractivity (Wildman–Crippen MR) is 77.8 cm³/mol. The Bertz CT molecular complexity index is 503. The smallest absolute Gasteiger partial charge is 0.224 e. The molecule has 0 aliphatic heterocycles. The SMILES string of the molecule is CCCCCCC(=O)Nc1ccc(F)c(C#CCO)c1. The summed E-state index contributed by atoms with van der Waals surface area (Å²) in [6.07, 6.45) is 4.63. The molecule has 4 heteroatoms. The number of carbonyl (C=O) groups excluding carboxylic acids is 1. The van der Waals surface area contributed by atoms with Crippen molar-refractivity contribution in [2.24, 2.45) is 0 Å². The molecule has 0 spiro atoms. The largest absolute Gasteiger partial charge is 0.384 e. The second kappa shape index (κ2) is 9.11. The summed E-state index contributed by atoms with van der Waals surface area (Å²) in [5.74, 6) is 4.36. The Morgan fingerprint density at radius 1 is 1.35 bits per heavy atom. The maximum Gasteiger partial charge on any atom is 0.224 e. The normalized spacial score (nSPS) is 9.75. The fourth-order valence-electron chi connectivity index (χ4n) is 1.77. The van der Waals surface area contributed by atoms with E-state index in [0.29, 0.717) is 12.1 Å². The zero-order valence-corrected chi connectivity index (χ0v) is 11.7. The van der Waals surface area contributed by atoms with Crippen molar-refractivity contribution in [2.75, 3.05) is 11.9 Å². The molecule has 0 radical (unpaired) electrons. The molecule has 1 aromatic rings. The number of benzene rings is 1. The third-order valence-electron chi connectivity index (χ3n) is 2.81. The number of hydrogen-bond donors (Lipinski definition) is 2. The molecule has 0 unspecified atom stereocenters. The molecule has 0 saturated heterocycles. The molecule has 3 nitrogen and oxygen atoms in total. The van der Waals surface area contributed by atoms with Crippen LogP contribution < -0.4 is 5.32 Å². The molecule has 0 saturated carbocycles. The molecular weight excluding hydrogens is 257 g/mol. The monoisotopic (exact) mass is 277 g/mol. The minimum atomic E-state index is -0.466. The zero-order valence-electron chi connectivity index (χ0n) is 11.7. The Morgan fingerprint density at radius 3 is 2.85 bits per heavy atom. The van der Waals surface area contributed by atoms with Gasteiger partial charge in [0.05, 0.1) is 5.56 Å². The summed E-state index contributed by atoms with van der Waals surface area (Å²) in [7, 11) is 0. The first-order valence-corrected chi connectivity index (χ1v) is 6.86. The van der Waals surface area contributed by atoms with Gasteiger partial charge in [0, 0.05) is 12.1 Å². The zero-order chi connectivity index (χ0) is 14.8. The van der Waals surface area contributed by atoms with Gasteiger partial charge in [0.25, 0.3) is 0 Å². The van der Waals surface area contributed by atoms with Crippen LogP contribution in [0.1, 0.15) is 44.6 Å². The molecule has 20 heavy (non-hydrogen) atoms. The van der Waals surface area contributed by atoms with Crippen LogP contribution in [-0.4, -0.2) is 17.6 Å². The third kappa shape index (κ3) is 5.85. The van der Waals surface area contributed by atoms with E-state index in [9.17, 15) is 9.18 Å². The molecule has 0 bridgehead atoms. The Hall–Kier alpha value is -1.86. The van der Waals surface area contributed by atoms with Crippen LogP contribution in [0.5, 0.6) is 0 Å². The highest BCUT2D eigenvalue weighted by Crippen LogP contribution is 2.14. The number of amides is 1. The first-order chi connectivity index (χ1) is 9.67. The van der Waals surface area contributed by atoms with Crippen molar-refractivity contribution in [1.82, 2.24) is 0 Å². The summed E-state index contributed by atoms with van der Waals surface area (Å²) in [5.41, 5.74) is 0.692. The minimum absolute atomic E-state index is 0.0752. The Kier molecular flexibility index (Phi) is 7.38. The summed E-state index contributed by atoms with van der Waals surface area (Å²) in [4.78, 5) is 11.7. The Labute approximate surface area is 119 Å². The molecule has 0 aliphatic carbocycles. The molecular formula is C16H20FNO2. The number of unbranched alkanes of at least 4 members (excludes halogenated alkanes) is 3. The van der Waals surface area contributed by atoms with Crippen molar-refractivity contribution < 1.29 is 14.3 Å². The second-order valence-electron chi connectivity index (χ2n) is 4.51. The fourth-order valence-corrected chi connectivity index (χ4v) is 1.77. The molecule has 0 heterocycles. The lowest BCUT2D eigenvalue weighted by atomic mass is 10.1. The van der Waals surface area contributed by atoms with Gasteiger partial charge in [-0.2, -0.15) is 0 Å². The van der Waals surface area contributed by atoms with Gasteiger partial charge in [-0.25, -0.2) is 4.39 Å². The van der Waals surface area contributed by atoms with Gasteiger partial charge in [0.1, 0.15) is 12.4 Å². The minimum Gasteiger partial charge on any atom is -0.384 e. The Balaban J connectivity index is 2.57. The number of aliphatic hydroxyl groups is 1. The van der Waals surface area contributed by atoms with E-state index in [-0.39, 0.29) is 18.1 Å². The first kappa shape index (κ1) is 16.2. The van der Waals surface area contributed by atoms with Crippen LogP contribution in [0.4, 0.5) is 10.1 Å². The van der Waals surface area contributed by atoms with Gasteiger partial charge in [-0.15, -0.1) is 0 Å². The molecule has 0 aliphatic rings. The van der Waals surface area contributed by atoms with E-state index < -0.39 is 5.82 Å². The molecule has 1 amide bonds. The number of rotatable bonds is 6. The van der Waals surface area contributed by atoms with Crippen molar-refractivity contribution in [1.29, 1.82) is 0 Å². The van der Waals surface area contributed by atoms with E-state index >= 15 is 0 Å². The topological polar surface area (TPSA) is 49.3 Å². The first-order valence-electron chi connectivity index (χ1n) is 6.86. The number of anilines is 1. The highest BCUT2D eigenvalue weighted by molar-refractivity contribution is 5.90. The van der Waals surface area contributed by atoms with Crippen molar-refractivity contribution >= 4 is 11.6 Å². The number of aliphatic hydroxyl groups excluding tert-OH is 1. The molecule has 108 valence electrons. The molecule has 0 aromatic heterocycles. The lowest BCUT2D eigenvalue weighted by Crippen LogP contribution is -2.11. The van der Waals surface area contributed by atoms with Gasteiger partial charge in [0.2, 0.25) is 5.91 Å². The number of hydrogen-bond acceptors (Lipinski definition) is 2. The van der Waals surface area contributed by atoms with Crippen molar-refractivity contribution in [3.05, 3.63) is 29.6 Å². The van der Waals surface area contributed by atoms with Gasteiger partial charge < -0.3 is 10.4 Å². The van der Waals surface area contributed by atoms with E-state index in [4.69, 9.17) is 5.11 Å². The summed E-state index contributed by atoms with van der Waals surface area (Å²) < 4.78 is 13.4. The number of carbonyl (C=O) groups is 1. The molecule has 0 atom stereocenters. The van der Waals surface area contributed by atoms with Crippen LogP contribution in [0.25, 0.3) is 0 Å². The quantitative estimate of drug-likeness (QED) is 0.620. The average Bonchev–Trinajstić information content (AvgIpc) is 2.44. The van der Waals surface area contributed by atoms with Crippen LogP contribution in [0.3, 0.4) is 0 Å². The standard InChI is InChI=1S/C16H20FNO2/c1-2-3-4-5-8-16(20)18-14-9-10-15(17)13(12-14)7-6-11-19/h9-10,12,19H,2-5,8,11H2,1H3,(H,18,20). The fraction of sp³-hybridized carbons (Fsp3) is 0.438. The van der Waals surface area contributed by atoms with Gasteiger partial charge in [-0.1, -0.05) is 38.0 Å². The van der Waals surface area contributed by atoms with E-state index in [1.165, 1.54) is 18.2 Å². The van der Waals surface area contributed by atoms with Gasteiger partial charge in [0.15, 0.2) is 0 Å². The molecule has 1 rings (SSSR count). The van der Waals surface area contributed by atoms with E-state index in [1.54, 1.807) is 0 Å². The molecule has 1 aromatic carbocycles. The lowest BCUT2D eigenvalue weighted by molar-refractivity contribution is -0.116. The molecule has 2 N–H and O–H groups in total. The highest BCUT2D eigenvalue weighted by Gasteiger charge is 2.05. The van der Waals surface area contributed by atoms with Crippen LogP contribution in [0.15, 0.2) is 18.2 Å². The highest BCUT2D eigenvalue weighted by atomic mass is 19.1. The summed E-state index contributed by atoms with van der Waals surface area (Å²) in [5, 5.41) is 11.3. The third-order valence-corrected chi connectivity index (χ3v) is 2.81.